The molecule has 9 heteroatoms. The number of carbonyl (C=O) groups excluding carboxylic acids is 3. The van der Waals surface area contributed by atoms with Crippen LogP contribution in [0.2, 0.25) is 0 Å². The lowest BCUT2D eigenvalue weighted by atomic mass is 10.3. The number of amides is 4. The normalized spacial score (nSPS) is 14.9. The summed E-state index contributed by atoms with van der Waals surface area (Å²) < 4.78 is 0. The van der Waals surface area contributed by atoms with Gasteiger partial charge in [-0.1, -0.05) is 0 Å². The molecule has 114 valence electrons. The van der Waals surface area contributed by atoms with Crippen molar-refractivity contribution in [1.82, 2.24) is 14.8 Å². The highest BCUT2D eigenvalue weighted by atomic mass is 32.1. The molecule has 0 unspecified atom stereocenters. The van der Waals surface area contributed by atoms with Gasteiger partial charge in [0.25, 0.3) is 0 Å². The van der Waals surface area contributed by atoms with Crippen LogP contribution >= 0.6 is 11.3 Å². The predicted molar refractivity (Wildman–Crippen MR) is 77.9 cm³/mol. The largest absolute Gasteiger partial charge is 0.369 e. The Balaban J connectivity index is 1.86. The standard InChI is InChI=1S/C12H17N5O3S/c1-8(18)16-2-4-17(5-3-16)12(20)15-11-14-9(7-21-11)6-10(13)19/h7H,2-6H2,1H3,(H2,13,19)(H,14,15,20). The van der Waals surface area contributed by atoms with Crippen LogP contribution in [0.15, 0.2) is 5.38 Å². The zero-order valence-corrected chi connectivity index (χ0v) is 12.5. The number of anilines is 1. The van der Waals surface area contributed by atoms with E-state index in [1.165, 1.54) is 18.3 Å². The van der Waals surface area contributed by atoms with Crippen LogP contribution in [0.5, 0.6) is 0 Å². The summed E-state index contributed by atoms with van der Waals surface area (Å²) in [4.78, 5) is 41.5. The molecule has 1 saturated heterocycles. The summed E-state index contributed by atoms with van der Waals surface area (Å²) in [7, 11) is 0. The number of thiazole rings is 1. The van der Waals surface area contributed by atoms with Gasteiger partial charge in [-0.3, -0.25) is 14.9 Å². The lowest BCUT2D eigenvalue weighted by molar-refractivity contribution is -0.130. The maximum Gasteiger partial charge on any atom is 0.323 e. The molecule has 1 aromatic heterocycles. The van der Waals surface area contributed by atoms with Crippen molar-refractivity contribution in [3.05, 3.63) is 11.1 Å². The van der Waals surface area contributed by atoms with E-state index in [9.17, 15) is 14.4 Å². The highest BCUT2D eigenvalue weighted by molar-refractivity contribution is 7.13. The SMILES string of the molecule is CC(=O)N1CCN(C(=O)Nc2nc(CC(N)=O)cs2)CC1. The van der Waals surface area contributed by atoms with Gasteiger partial charge in [-0.15, -0.1) is 11.3 Å². The van der Waals surface area contributed by atoms with Crippen LogP contribution in [-0.2, 0) is 16.0 Å². The fourth-order valence-electron chi connectivity index (χ4n) is 2.02. The molecular weight excluding hydrogens is 294 g/mol. The third kappa shape index (κ3) is 4.15. The van der Waals surface area contributed by atoms with E-state index in [2.05, 4.69) is 10.3 Å². The van der Waals surface area contributed by atoms with E-state index in [0.717, 1.165) is 0 Å². The van der Waals surface area contributed by atoms with Gasteiger partial charge in [0.2, 0.25) is 11.8 Å². The van der Waals surface area contributed by atoms with Crippen molar-refractivity contribution >= 4 is 34.3 Å². The first kappa shape index (κ1) is 15.2. The number of carbonyl (C=O) groups is 3. The minimum absolute atomic E-state index is 0.0195. The van der Waals surface area contributed by atoms with Gasteiger partial charge in [0, 0.05) is 38.5 Å². The Morgan fingerprint density at radius 1 is 1.29 bits per heavy atom. The Morgan fingerprint density at radius 3 is 2.48 bits per heavy atom. The average Bonchev–Trinajstić information content (AvgIpc) is 2.85. The quantitative estimate of drug-likeness (QED) is 0.810. The minimum Gasteiger partial charge on any atom is -0.369 e. The summed E-state index contributed by atoms with van der Waals surface area (Å²) >= 11 is 1.25. The molecule has 2 rings (SSSR count). The van der Waals surface area contributed by atoms with E-state index in [-0.39, 0.29) is 18.4 Å². The molecule has 2 heterocycles. The van der Waals surface area contributed by atoms with Crippen molar-refractivity contribution in [1.29, 1.82) is 0 Å². The van der Waals surface area contributed by atoms with Crippen LogP contribution < -0.4 is 11.1 Å². The minimum atomic E-state index is -0.460. The summed E-state index contributed by atoms with van der Waals surface area (Å²) in [5.41, 5.74) is 5.63. The molecule has 4 amide bonds. The number of nitrogens with two attached hydrogens (primary N) is 1. The van der Waals surface area contributed by atoms with Crippen molar-refractivity contribution in [3.8, 4) is 0 Å². The van der Waals surface area contributed by atoms with E-state index in [4.69, 9.17) is 5.73 Å². The van der Waals surface area contributed by atoms with Gasteiger partial charge >= 0.3 is 6.03 Å². The number of primary amides is 1. The van der Waals surface area contributed by atoms with E-state index < -0.39 is 5.91 Å². The fraction of sp³-hybridized carbons (Fsp3) is 0.500. The number of nitrogens with one attached hydrogen (secondary N) is 1. The molecule has 0 bridgehead atoms. The van der Waals surface area contributed by atoms with Gasteiger partial charge in [0.15, 0.2) is 5.13 Å². The number of urea groups is 1. The molecule has 0 aliphatic carbocycles. The molecular formula is C12H17N5O3S. The molecule has 0 saturated carbocycles. The predicted octanol–water partition coefficient (Wildman–Crippen LogP) is -0.133. The highest BCUT2D eigenvalue weighted by Gasteiger charge is 2.22. The second kappa shape index (κ2) is 6.53. The molecule has 1 aliphatic rings. The number of hydrogen-bond acceptors (Lipinski definition) is 5. The zero-order chi connectivity index (χ0) is 15.4. The maximum absolute atomic E-state index is 12.1. The Bertz CT molecular complexity index is 551. The van der Waals surface area contributed by atoms with Crippen molar-refractivity contribution in [2.75, 3.05) is 31.5 Å². The monoisotopic (exact) mass is 311 g/mol. The topological polar surface area (TPSA) is 109 Å². The number of rotatable bonds is 3. The first-order chi connectivity index (χ1) is 9.95. The lowest BCUT2D eigenvalue weighted by Gasteiger charge is -2.33. The van der Waals surface area contributed by atoms with E-state index in [1.54, 1.807) is 15.2 Å². The number of nitrogens with zero attached hydrogens (tertiary/aromatic N) is 3. The summed E-state index contributed by atoms with van der Waals surface area (Å²) in [6.45, 7) is 3.57. The second-order valence-electron chi connectivity index (χ2n) is 4.71. The first-order valence-corrected chi connectivity index (χ1v) is 7.38. The van der Waals surface area contributed by atoms with Gasteiger partial charge in [-0.2, -0.15) is 0 Å². The molecule has 0 spiro atoms. The molecule has 3 N–H and O–H groups in total. The van der Waals surface area contributed by atoms with Crippen molar-refractivity contribution < 1.29 is 14.4 Å². The Morgan fingerprint density at radius 2 is 1.90 bits per heavy atom. The van der Waals surface area contributed by atoms with Gasteiger partial charge in [0.05, 0.1) is 12.1 Å². The van der Waals surface area contributed by atoms with Crippen LogP contribution in [0, 0.1) is 0 Å². The fourth-order valence-corrected chi connectivity index (χ4v) is 2.72. The number of hydrogen-bond donors (Lipinski definition) is 2. The van der Waals surface area contributed by atoms with Crippen molar-refractivity contribution in [2.24, 2.45) is 5.73 Å². The summed E-state index contributed by atoms with van der Waals surface area (Å²) in [5.74, 6) is -0.440. The number of aromatic nitrogens is 1. The Labute approximate surface area is 125 Å². The Kier molecular flexibility index (Phi) is 4.73. The summed E-state index contributed by atoms with van der Waals surface area (Å²) in [6.07, 6.45) is 0.0592. The van der Waals surface area contributed by atoms with Gasteiger partial charge in [-0.25, -0.2) is 9.78 Å². The smallest absolute Gasteiger partial charge is 0.323 e. The molecule has 1 aromatic rings. The van der Waals surface area contributed by atoms with Gasteiger partial charge < -0.3 is 15.5 Å². The molecule has 0 radical (unpaired) electrons. The summed E-state index contributed by atoms with van der Waals surface area (Å²) in [6, 6.07) is -0.252. The maximum atomic E-state index is 12.1. The molecule has 0 aromatic carbocycles. The van der Waals surface area contributed by atoms with Crippen LogP contribution in [0.3, 0.4) is 0 Å². The molecule has 0 atom stereocenters. The van der Waals surface area contributed by atoms with Crippen LogP contribution in [0.1, 0.15) is 12.6 Å². The molecule has 21 heavy (non-hydrogen) atoms. The Hall–Kier alpha value is -2.16. The van der Waals surface area contributed by atoms with E-state index in [0.29, 0.717) is 37.0 Å². The molecule has 1 fully saturated rings. The van der Waals surface area contributed by atoms with Crippen molar-refractivity contribution in [2.45, 2.75) is 13.3 Å². The second-order valence-corrected chi connectivity index (χ2v) is 5.57. The van der Waals surface area contributed by atoms with Gasteiger partial charge in [0.1, 0.15) is 0 Å². The molecule has 1 aliphatic heterocycles. The van der Waals surface area contributed by atoms with E-state index in [1.807, 2.05) is 0 Å². The third-order valence-corrected chi connectivity index (χ3v) is 3.94. The number of piperazine rings is 1. The molecule has 8 nitrogen and oxygen atoms in total. The highest BCUT2D eigenvalue weighted by Crippen LogP contribution is 2.16. The lowest BCUT2D eigenvalue weighted by Crippen LogP contribution is -2.51. The van der Waals surface area contributed by atoms with E-state index >= 15 is 0 Å². The van der Waals surface area contributed by atoms with Crippen LogP contribution in [0.4, 0.5) is 9.93 Å². The van der Waals surface area contributed by atoms with Crippen LogP contribution in [0.25, 0.3) is 0 Å². The van der Waals surface area contributed by atoms with Crippen molar-refractivity contribution in [3.63, 3.8) is 0 Å². The summed E-state index contributed by atoms with van der Waals surface area (Å²) in [5, 5.41) is 4.81. The zero-order valence-electron chi connectivity index (χ0n) is 11.7. The average molecular weight is 311 g/mol. The third-order valence-electron chi connectivity index (χ3n) is 3.13. The first-order valence-electron chi connectivity index (χ1n) is 6.50. The van der Waals surface area contributed by atoms with Crippen LogP contribution in [-0.4, -0.2) is 58.8 Å². The van der Waals surface area contributed by atoms with Gasteiger partial charge in [-0.05, 0) is 0 Å².